The second-order valence-electron chi connectivity index (χ2n) is 4.76. The first-order valence-corrected chi connectivity index (χ1v) is 8.50. The highest BCUT2D eigenvalue weighted by Gasteiger charge is 2.32. The quantitative estimate of drug-likeness (QED) is 0.826. The van der Waals surface area contributed by atoms with Gasteiger partial charge in [-0.1, -0.05) is 18.2 Å². The summed E-state index contributed by atoms with van der Waals surface area (Å²) in [5, 5.41) is 0. The lowest BCUT2D eigenvalue weighted by Crippen LogP contribution is -2.29. The largest absolute Gasteiger partial charge is 0.398 e. The minimum absolute atomic E-state index is 0.0720. The van der Waals surface area contributed by atoms with Gasteiger partial charge in [0.15, 0.2) is 0 Å². The predicted molar refractivity (Wildman–Crippen MR) is 83.2 cm³/mol. The third kappa shape index (κ3) is 2.30. The summed E-state index contributed by atoms with van der Waals surface area (Å²) >= 11 is 3.00. The van der Waals surface area contributed by atoms with Crippen LogP contribution in [0.2, 0.25) is 0 Å². The number of sulfonamides is 1. The molecule has 0 saturated heterocycles. The van der Waals surface area contributed by atoms with E-state index in [4.69, 9.17) is 5.73 Å². The Bertz CT molecular complexity index is 824. The minimum atomic E-state index is -3.81. The van der Waals surface area contributed by atoms with Crippen molar-refractivity contribution in [1.82, 2.24) is 0 Å². The van der Waals surface area contributed by atoms with E-state index in [0.29, 0.717) is 18.7 Å². The molecule has 0 unspecified atom stereocenters. The molecule has 3 rings (SSSR count). The van der Waals surface area contributed by atoms with E-state index in [1.165, 1.54) is 10.4 Å². The van der Waals surface area contributed by atoms with E-state index >= 15 is 0 Å². The second-order valence-corrected chi connectivity index (χ2v) is 7.45. The highest BCUT2D eigenvalue weighted by molar-refractivity contribution is 9.10. The summed E-state index contributed by atoms with van der Waals surface area (Å²) in [7, 11) is -3.81. The number of para-hydroxylation sites is 1. The van der Waals surface area contributed by atoms with Crippen LogP contribution in [0.4, 0.5) is 15.8 Å². The highest BCUT2D eigenvalue weighted by Crippen LogP contribution is 2.35. The Kier molecular flexibility index (Phi) is 3.41. The van der Waals surface area contributed by atoms with E-state index in [-0.39, 0.29) is 15.1 Å². The zero-order valence-corrected chi connectivity index (χ0v) is 13.3. The fraction of sp³-hybridized carbons (Fsp3) is 0.143. The Labute approximate surface area is 130 Å². The van der Waals surface area contributed by atoms with Crippen molar-refractivity contribution in [2.45, 2.75) is 11.3 Å². The smallest absolute Gasteiger partial charge is 0.266 e. The molecule has 0 bridgehead atoms. The van der Waals surface area contributed by atoms with Crippen molar-refractivity contribution < 1.29 is 12.8 Å². The van der Waals surface area contributed by atoms with Crippen molar-refractivity contribution in [3.63, 3.8) is 0 Å². The summed E-state index contributed by atoms with van der Waals surface area (Å²) in [5.41, 5.74) is 7.22. The molecule has 0 atom stereocenters. The Hall–Kier alpha value is -1.60. The lowest BCUT2D eigenvalue weighted by Gasteiger charge is -2.20. The number of halogens is 2. The average Bonchev–Trinajstić information content (AvgIpc) is 2.87. The molecule has 0 saturated carbocycles. The number of anilines is 2. The van der Waals surface area contributed by atoms with Crippen molar-refractivity contribution >= 4 is 37.3 Å². The van der Waals surface area contributed by atoms with Gasteiger partial charge >= 0.3 is 0 Å². The Balaban J connectivity index is 2.13. The molecule has 0 spiro atoms. The molecular weight excluding hydrogens is 359 g/mol. The zero-order chi connectivity index (χ0) is 15.2. The second kappa shape index (κ2) is 4.99. The van der Waals surface area contributed by atoms with Crippen molar-refractivity contribution in [2.24, 2.45) is 0 Å². The molecule has 110 valence electrons. The van der Waals surface area contributed by atoms with Gasteiger partial charge in [0.2, 0.25) is 0 Å². The van der Waals surface area contributed by atoms with Crippen molar-refractivity contribution in [3.05, 3.63) is 52.3 Å². The van der Waals surface area contributed by atoms with Crippen molar-refractivity contribution in [1.29, 1.82) is 0 Å². The third-order valence-electron chi connectivity index (χ3n) is 3.47. The van der Waals surface area contributed by atoms with Gasteiger partial charge < -0.3 is 5.73 Å². The molecule has 2 N–H and O–H groups in total. The molecule has 0 fully saturated rings. The van der Waals surface area contributed by atoms with Crippen LogP contribution in [-0.2, 0) is 16.4 Å². The van der Waals surface area contributed by atoms with E-state index in [1.54, 1.807) is 12.1 Å². The summed E-state index contributed by atoms with van der Waals surface area (Å²) in [4.78, 5) is -0.0903. The maximum Gasteiger partial charge on any atom is 0.266 e. The van der Waals surface area contributed by atoms with Crippen LogP contribution in [0.5, 0.6) is 0 Å². The number of nitrogens with zero attached hydrogens (tertiary/aromatic N) is 1. The van der Waals surface area contributed by atoms with Crippen LogP contribution in [0.1, 0.15) is 5.56 Å². The molecule has 1 heterocycles. The van der Waals surface area contributed by atoms with Crippen molar-refractivity contribution in [3.8, 4) is 0 Å². The van der Waals surface area contributed by atoms with E-state index in [1.807, 2.05) is 12.1 Å². The minimum Gasteiger partial charge on any atom is -0.398 e. The molecule has 2 aromatic carbocycles. The zero-order valence-electron chi connectivity index (χ0n) is 10.9. The summed E-state index contributed by atoms with van der Waals surface area (Å²) in [6.07, 6.45) is 0.650. The first-order valence-electron chi connectivity index (χ1n) is 6.26. The van der Waals surface area contributed by atoms with Gasteiger partial charge in [0.1, 0.15) is 10.7 Å². The Morgan fingerprint density at radius 2 is 1.95 bits per heavy atom. The van der Waals surface area contributed by atoms with E-state index in [9.17, 15) is 12.8 Å². The van der Waals surface area contributed by atoms with Crippen LogP contribution in [0.15, 0.2) is 45.8 Å². The summed E-state index contributed by atoms with van der Waals surface area (Å²) < 4.78 is 40.4. The number of benzene rings is 2. The van der Waals surface area contributed by atoms with E-state index < -0.39 is 15.8 Å². The van der Waals surface area contributed by atoms with Gasteiger partial charge in [-0.05, 0) is 46.1 Å². The molecule has 2 aromatic rings. The molecule has 0 radical (unpaired) electrons. The Morgan fingerprint density at radius 3 is 2.71 bits per heavy atom. The van der Waals surface area contributed by atoms with Crippen LogP contribution in [0, 0.1) is 5.82 Å². The summed E-state index contributed by atoms with van der Waals surface area (Å²) in [5.74, 6) is -0.590. The van der Waals surface area contributed by atoms with E-state index in [0.717, 1.165) is 11.6 Å². The van der Waals surface area contributed by atoms with Gasteiger partial charge in [-0.15, -0.1) is 0 Å². The standard InChI is InChI=1S/C14H12BrFN2O2S/c15-10-7-14(12(17)8-11(10)16)21(19,20)18-6-5-9-3-1-2-4-13(9)18/h1-4,7-8H,5-6,17H2. The molecule has 0 aromatic heterocycles. The maximum absolute atomic E-state index is 13.4. The van der Waals surface area contributed by atoms with Crippen LogP contribution in [-0.4, -0.2) is 15.0 Å². The molecule has 21 heavy (non-hydrogen) atoms. The van der Waals surface area contributed by atoms with Crippen LogP contribution in [0.25, 0.3) is 0 Å². The number of rotatable bonds is 2. The van der Waals surface area contributed by atoms with Crippen LogP contribution >= 0.6 is 15.9 Å². The predicted octanol–water partition coefficient (Wildman–Crippen LogP) is 2.92. The Morgan fingerprint density at radius 1 is 1.24 bits per heavy atom. The fourth-order valence-corrected chi connectivity index (χ4v) is 4.57. The lowest BCUT2D eigenvalue weighted by atomic mass is 10.2. The number of fused-ring (bicyclic) bond motifs is 1. The van der Waals surface area contributed by atoms with Crippen LogP contribution in [0.3, 0.4) is 0 Å². The fourth-order valence-electron chi connectivity index (χ4n) is 2.44. The first-order chi connectivity index (χ1) is 9.91. The first kappa shape index (κ1) is 14.3. The molecule has 1 aliphatic rings. The highest BCUT2D eigenvalue weighted by atomic mass is 79.9. The van der Waals surface area contributed by atoms with Gasteiger partial charge in [0.25, 0.3) is 10.0 Å². The molecule has 7 heteroatoms. The summed E-state index contributed by atoms with van der Waals surface area (Å²) in [6, 6.07) is 9.54. The van der Waals surface area contributed by atoms with Gasteiger partial charge in [0, 0.05) is 6.54 Å². The van der Waals surface area contributed by atoms with Gasteiger partial charge in [0.05, 0.1) is 15.8 Å². The number of hydrogen-bond donors (Lipinski definition) is 1. The van der Waals surface area contributed by atoms with Crippen molar-refractivity contribution in [2.75, 3.05) is 16.6 Å². The molecule has 0 aliphatic carbocycles. The topological polar surface area (TPSA) is 63.4 Å². The number of nitrogens with two attached hydrogens (primary N) is 1. The molecule has 4 nitrogen and oxygen atoms in total. The summed E-state index contributed by atoms with van der Waals surface area (Å²) in [6.45, 7) is 0.357. The lowest BCUT2D eigenvalue weighted by molar-refractivity contribution is 0.591. The monoisotopic (exact) mass is 370 g/mol. The number of nitrogen functional groups attached to an aromatic ring is 1. The normalized spacial score (nSPS) is 14.3. The van der Waals surface area contributed by atoms with Gasteiger partial charge in [-0.25, -0.2) is 12.8 Å². The molecule has 1 aliphatic heterocycles. The van der Waals surface area contributed by atoms with Gasteiger partial charge in [-0.3, -0.25) is 4.31 Å². The van der Waals surface area contributed by atoms with E-state index in [2.05, 4.69) is 15.9 Å². The van der Waals surface area contributed by atoms with Crippen LogP contribution < -0.4 is 10.0 Å². The third-order valence-corrected chi connectivity index (χ3v) is 5.94. The molecular formula is C14H12BrFN2O2S. The maximum atomic E-state index is 13.4. The van der Waals surface area contributed by atoms with Gasteiger partial charge in [-0.2, -0.15) is 0 Å². The number of hydrogen-bond acceptors (Lipinski definition) is 3. The average molecular weight is 371 g/mol. The molecule has 0 amide bonds. The SMILES string of the molecule is Nc1cc(F)c(Br)cc1S(=O)(=O)N1CCc2ccccc21.